The van der Waals surface area contributed by atoms with Crippen molar-refractivity contribution in [1.29, 1.82) is 0 Å². The molecule has 1 aromatic rings. The quantitative estimate of drug-likeness (QED) is 0.536. The van der Waals surface area contributed by atoms with Crippen molar-refractivity contribution in [2.24, 2.45) is 0 Å². The van der Waals surface area contributed by atoms with Gasteiger partial charge in [0.25, 0.3) is 5.91 Å². The van der Waals surface area contributed by atoms with E-state index >= 15 is 0 Å². The van der Waals surface area contributed by atoms with E-state index in [1.165, 1.54) is 23.7 Å². The number of nitrogens with zero attached hydrogens (tertiary/aromatic N) is 1. The molecule has 3 rings (SSSR count). The number of carbonyl (C=O) groups is 1. The summed E-state index contributed by atoms with van der Waals surface area (Å²) in [6, 6.07) is 6.97. The first-order valence-corrected chi connectivity index (χ1v) is 11.9. The van der Waals surface area contributed by atoms with Gasteiger partial charge in [-0.05, 0) is 51.0 Å². The van der Waals surface area contributed by atoms with E-state index in [1.54, 1.807) is 29.2 Å². The number of carbonyl (C=O) groups excluding carboxylic acids is 1. The van der Waals surface area contributed by atoms with Crippen LogP contribution in [0.4, 0.5) is 5.69 Å². The number of benzene rings is 1. The predicted octanol–water partition coefficient (Wildman–Crippen LogP) is -0.571. The topological polar surface area (TPSA) is 87.5 Å². The highest BCUT2D eigenvalue weighted by Gasteiger charge is 2.30. The normalized spacial score (nSPS) is 24.4. The Morgan fingerprint density at radius 2 is 1.93 bits per heavy atom. The summed E-state index contributed by atoms with van der Waals surface area (Å²) in [6.07, 6.45) is 4.34. The van der Waals surface area contributed by atoms with Crippen molar-refractivity contribution < 1.29 is 23.4 Å². The van der Waals surface area contributed by atoms with E-state index in [1.807, 2.05) is 6.92 Å². The van der Waals surface area contributed by atoms with Crippen LogP contribution in [0.15, 0.2) is 29.2 Å². The number of likely N-dealkylation sites (tertiary alicyclic amines) is 1. The number of hydrogen-bond donors (Lipinski definition) is 3. The van der Waals surface area contributed by atoms with E-state index in [9.17, 15) is 13.2 Å². The Kier molecular flexibility index (Phi) is 7.09. The van der Waals surface area contributed by atoms with Gasteiger partial charge in [0.1, 0.15) is 12.6 Å². The molecule has 7 nitrogen and oxygen atoms in total. The Balaban J connectivity index is 1.52. The van der Waals surface area contributed by atoms with Crippen LogP contribution in [-0.4, -0.2) is 63.4 Å². The Bertz CT molecular complexity index is 760. The van der Waals surface area contributed by atoms with Gasteiger partial charge < -0.3 is 15.5 Å². The van der Waals surface area contributed by atoms with Crippen LogP contribution in [0, 0.1) is 0 Å². The minimum Gasteiger partial charge on any atom is -0.331 e. The van der Waals surface area contributed by atoms with Crippen LogP contribution in [0.25, 0.3) is 0 Å². The summed E-state index contributed by atoms with van der Waals surface area (Å²) in [5.41, 5.74) is 0.632. The molecule has 1 aromatic carbocycles. The first-order chi connectivity index (χ1) is 13.4. The Hall–Kier alpha value is -1.48. The second-order valence-electron chi connectivity index (χ2n) is 7.99. The summed E-state index contributed by atoms with van der Waals surface area (Å²) in [5.74, 6) is -0.0498. The van der Waals surface area contributed by atoms with Gasteiger partial charge in [-0.15, -0.1) is 0 Å². The van der Waals surface area contributed by atoms with Crippen molar-refractivity contribution in [2.45, 2.75) is 56.5 Å². The minimum absolute atomic E-state index is 0.0498. The minimum atomic E-state index is -3.41. The largest absolute Gasteiger partial charge is 0.331 e. The number of anilines is 1. The lowest BCUT2D eigenvalue weighted by molar-refractivity contribution is -0.925. The van der Waals surface area contributed by atoms with Crippen molar-refractivity contribution in [3.05, 3.63) is 24.3 Å². The number of amides is 1. The molecule has 0 radical (unpaired) electrons. The van der Waals surface area contributed by atoms with Gasteiger partial charge in [-0.25, -0.2) is 8.42 Å². The first kappa shape index (κ1) is 21.2. The van der Waals surface area contributed by atoms with Crippen LogP contribution in [0.1, 0.15) is 39.5 Å². The molecule has 0 bridgehead atoms. The molecular formula is C20H34N4O3S+2. The fourth-order valence-corrected chi connectivity index (χ4v) is 5.77. The van der Waals surface area contributed by atoms with E-state index in [4.69, 9.17) is 0 Å². The first-order valence-electron chi connectivity index (χ1n) is 10.5. The molecule has 0 aliphatic carbocycles. The smallest absolute Gasteiger partial charge is 0.282 e. The number of sulfonamides is 1. The van der Waals surface area contributed by atoms with E-state index in [-0.39, 0.29) is 16.8 Å². The summed E-state index contributed by atoms with van der Waals surface area (Å²) < 4.78 is 26.7. The molecule has 0 spiro atoms. The molecule has 2 aliphatic rings. The van der Waals surface area contributed by atoms with E-state index in [2.05, 4.69) is 17.6 Å². The van der Waals surface area contributed by atoms with Crippen molar-refractivity contribution in [3.8, 4) is 0 Å². The van der Waals surface area contributed by atoms with Crippen molar-refractivity contribution >= 4 is 21.6 Å². The lowest BCUT2D eigenvalue weighted by Gasteiger charge is -2.20. The number of nitrogens with one attached hydrogen (secondary N) is 2. The highest BCUT2D eigenvalue weighted by Crippen LogP contribution is 2.22. The number of quaternary nitrogens is 2. The molecule has 4 N–H and O–H groups in total. The molecule has 8 heteroatoms. The molecule has 1 unspecified atom stereocenters. The average molecular weight is 411 g/mol. The van der Waals surface area contributed by atoms with Crippen LogP contribution in [0.3, 0.4) is 0 Å². The molecule has 2 aliphatic heterocycles. The highest BCUT2D eigenvalue weighted by atomic mass is 32.2. The second-order valence-corrected chi connectivity index (χ2v) is 9.92. The van der Waals surface area contributed by atoms with Gasteiger partial charge in [0.15, 0.2) is 6.04 Å². The molecule has 2 saturated heterocycles. The van der Waals surface area contributed by atoms with Crippen LogP contribution < -0.4 is 15.5 Å². The monoisotopic (exact) mass is 410 g/mol. The van der Waals surface area contributed by atoms with Crippen LogP contribution in [0.2, 0.25) is 0 Å². The maximum absolute atomic E-state index is 12.6. The van der Waals surface area contributed by atoms with Crippen LogP contribution in [-0.2, 0) is 14.8 Å². The summed E-state index contributed by atoms with van der Waals surface area (Å²) in [4.78, 5) is 14.4. The summed E-state index contributed by atoms with van der Waals surface area (Å²) in [6.45, 7) is 8.66. The Labute approximate surface area is 168 Å². The second kappa shape index (κ2) is 9.35. The van der Waals surface area contributed by atoms with Gasteiger partial charge in [-0.1, -0.05) is 0 Å². The molecule has 3 atom stereocenters. The van der Waals surface area contributed by atoms with Gasteiger partial charge in [0, 0.05) is 31.6 Å². The van der Waals surface area contributed by atoms with Gasteiger partial charge >= 0.3 is 0 Å². The molecule has 0 saturated carbocycles. The molecule has 0 aromatic heterocycles. The van der Waals surface area contributed by atoms with E-state index < -0.39 is 10.0 Å². The summed E-state index contributed by atoms with van der Waals surface area (Å²) >= 11 is 0. The predicted molar refractivity (Wildman–Crippen MR) is 109 cm³/mol. The molecule has 1 amide bonds. The lowest BCUT2D eigenvalue weighted by atomic mass is 10.2. The molecule has 2 heterocycles. The summed E-state index contributed by atoms with van der Waals surface area (Å²) in [7, 11) is -3.41. The standard InChI is InChI=1S/C20H32N4O3S/c1-3-23-12-6-7-18(23)15-21-16(2)20(25)22-17-8-10-19(11-9-17)28(26,27)24-13-4-5-14-24/h8-11,16,18,21H,3-7,12-15H2,1-2H3,(H,22,25)/p+2/t16-,18-/m0/s1. The maximum Gasteiger partial charge on any atom is 0.282 e. The SMILES string of the molecule is CC[NH+]1CCC[C@H]1C[NH2+][C@@H](C)C(=O)Nc1ccc(S(=O)(=O)N2CCCC2)cc1. The third-order valence-corrected chi connectivity index (χ3v) is 8.01. The van der Waals surface area contributed by atoms with Gasteiger partial charge in [-0.2, -0.15) is 4.31 Å². The number of nitrogens with two attached hydrogens (primary N) is 1. The van der Waals surface area contributed by atoms with Gasteiger partial charge in [0.05, 0.1) is 18.0 Å². The van der Waals surface area contributed by atoms with Crippen LogP contribution >= 0.6 is 0 Å². The van der Waals surface area contributed by atoms with E-state index in [0.29, 0.717) is 24.8 Å². The zero-order valence-electron chi connectivity index (χ0n) is 17.0. The van der Waals surface area contributed by atoms with E-state index in [0.717, 1.165) is 25.9 Å². The fraction of sp³-hybridized carbons (Fsp3) is 0.650. The van der Waals surface area contributed by atoms with Crippen molar-refractivity contribution in [2.75, 3.05) is 38.0 Å². The molecular weight excluding hydrogens is 376 g/mol. The number of hydrogen-bond acceptors (Lipinski definition) is 3. The van der Waals surface area contributed by atoms with Gasteiger partial charge in [0.2, 0.25) is 10.0 Å². The van der Waals surface area contributed by atoms with Crippen molar-refractivity contribution in [1.82, 2.24) is 4.31 Å². The molecule has 156 valence electrons. The Morgan fingerprint density at radius 1 is 1.25 bits per heavy atom. The fourth-order valence-electron chi connectivity index (χ4n) is 4.25. The van der Waals surface area contributed by atoms with Crippen LogP contribution in [0.5, 0.6) is 0 Å². The van der Waals surface area contributed by atoms with Crippen molar-refractivity contribution in [3.63, 3.8) is 0 Å². The highest BCUT2D eigenvalue weighted by molar-refractivity contribution is 7.89. The zero-order valence-corrected chi connectivity index (χ0v) is 17.8. The zero-order chi connectivity index (χ0) is 20.1. The van der Waals surface area contributed by atoms with Gasteiger partial charge in [-0.3, -0.25) is 4.79 Å². The third kappa shape index (κ3) is 4.92. The molecule has 2 fully saturated rings. The third-order valence-electron chi connectivity index (χ3n) is 6.09. The number of rotatable bonds is 8. The maximum atomic E-state index is 12.6. The average Bonchev–Trinajstić information content (AvgIpc) is 3.38. The molecule has 28 heavy (non-hydrogen) atoms. The lowest BCUT2D eigenvalue weighted by Crippen LogP contribution is -3.16. The Morgan fingerprint density at radius 3 is 2.57 bits per heavy atom. The number of likely N-dealkylation sites (N-methyl/N-ethyl adjacent to an activating group) is 1. The summed E-state index contributed by atoms with van der Waals surface area (Å²) in [5, 5.41) is 5.02.